The van der Waals surface area contributed by atoms with Crippen molar-refractivity contribution in [2.75, 3.05) is 6.00 Å². The van der Waals surface area contributed by atoms with Crippen LogP contribution in [-0.4, -0.2) is 22.3 Å². The lowest BCUT2D eigenvalue weighted by Crippen LogP contribution is -2.07. The Bertz CT molecular complexity index is 494. The Hall–Kier alpha value is -1.41. The molecule has 3 heteroatoms. The molecular formula is C12H12ClN2+. The lowest BCUT2D eigenvalue weighted by Gasteiger charge is -2.00. The van der Waals surface area contributed by atoms with Gasteiger partial charge in [-0.1, -0.05) is 35.9 Å². The summed E-state index contributed by atoms with van der Waals surface area (Å²) in [6, 6.07) is 12.5. The van der Waals surface area contributed by atoms with E-state index in [4.69, 9.17) is 11.6 Å². The molecule has 0 N–H and O–H groups in total. The van der Waals surface area contributed by atoms with Gasteiger partial charge in [0.2, 0.25) is 6.00 Å². The highest BCUT2D eigenvalue weighted by atomic mass is 35.5. The van der Waals surface area contributed by atoms with Gasteiger partial charge in [0.1, 0.15) is 12.4 Å². The maximum absolute atomic E-state index is 5.66. The Labute approximate surface area is 93.8 Å². The topological polar surface area (TPSA) is 15.9 Å². The number of nitrogens with zero attached hydrogens (tertiary/aromatic N) is 2. The Kier molecular flexibility index (Phi) is 2.97. The fourth-order valence-electron chi connectivity index (χ4n) is 1.47. The zero-order chi connectivity index (χ0) is 10.7. The summed E-state index contributed by atoms with van der Waals surface area (Å²) in [5, 5.41) is 1.16. The Morgan fingerprint density at radius 2 is 2.00 bits per heavy atom. The van der Waals surface area contributed by atoms with Crippen molar-refractivity contribution in [2.24, 2.45) is 0 Å². The summed E-state index contributed by atoms with van der Waals surface area (Å²) in [7, 11) is 0. The van der Waals surface area contributed by atoms with Crippen LogP contribution in [0.15, 0.2) is 36.4 Å². The molecule has 1 aromatic carbocycles. The van der Waals surface area contributed by atoms with E-state index >= 15 is 0 Å². The van der Waals surface area contributed by atoms with E-state index in [1.54, 1.807) is 4.58 Å². The maximum Gasteiger partial charge on any atom is 0.217 e. The fourth-order valence-corrected chi connectivity index (χ4v) is 1.55. The summed E-state index contributed by atoms with van der Waals surface area (Å²) < 4.78 is 1.76. The lowest BCUT2D eigenvalue weighted by atomic mass is 10.2. The predicted molar refractivity (Wildman–Crippen MR) is 63.5 cm³/mol. The van der Waals surface area contributed by atoms with E-state index in [1.807, 2.05) is 24.3 Å². The summed E-state index contributed by atoms with van der Waals surface area (Å²) in [4.78, 5) is 4.52. The zero-order valence-corrected chi connectivity index (χ0v) is 9.11. The third-order valence-electron chi connectivity index (χ3n) is 2.21. The summed E-state index contributed by atoms with van der Waals surface area (Å²) in [5.74, 6) is 0. The number of halogens is 1. The molecule has 0 aliphatic heterocycles. The van der Waals surface area contributed by atoms with Gasteiger partial charge in [-0.05, 0) is 12.1 Å². The first-order valence-corrected chi connectivity index (χ1v) is 5.29. The van der Waals surface area contributed by atoms with Crippen molar-refractivity contribution in [3.63, 3.8) is 0 Å². The van der Waals surface area contributed by atoms with E-state index in [1.165, 1.54) is 0 Å². The van der Waals surface area contributed by atoms with Gasteiger partial charge in [0, 0.05) is 5.39 Å². The second kappa shape index (κ2) is 4.41. The largest absolute Gasteiger partial charge is 0.246 e. The molecule has 2 nitrogen and oxygen atoms in total. The smallest absolute Gasteiger partial charge is 0.217 e. The molecule has 1 aromatic heterocycles. The molecule has 2 rings (SSSR count). The highest BCUT2D eigenvalue weighted by Crippen LogP contribution is 2.12. The van der Waals surface area contributed by atoms with Gasteiger partial charge in [-0.2, -0.15) is 0 Å². The minimum Gasteiger partial charge on any atom is -0.246 e. The van der Waals surface area contributed by atoms with Crippen LogP contribution in [0.25, 0.3) is 10.9 Å². The monoisotopic (exact) mass is 219 g/mol. The van der Waals surface area contributed by atoms with Crippen LogP contribution in [0, 0.1) is 0 Å². The van der Waals surface area contributed by atoms with Gasteiger partial charge in [0.05, 0.1) is 5.52 Å². The number of pyridine rings is 1. The van der Waals surface area contributed by atoms with Crippen molar-refractivity contribution < 1.29 is 4.58 Å². The fraction of sp³-hybridized carbons (Fsp3) is 0.167. The number of benzene rings is 1. The molecule has 0 bridgehead atoms. The summed E-state index contributed by atoms with van der Waals surface area (Å²) in [6.07, 6.45) is 0. The standard InChI is InChI=1S/C12H12ClN2/c1-15(9-13)8-11-7-6-10-4-2-3-5-12(10)14-11/h2-7H,1,8-9H2/q+1. The Morgan fingerprint density at radius 3 is 2.80 bits per heavy atom. The number of para-hydroxylation sites is 1. The van der Waals surface area contributed by atoms with Crippen LogP contribution in [0.5, 0.6) is 0 Å². The first-order valence-electron chi connectivity index (χ1n) is 4.75. The number of alkyl halides is 1. The van der Waals surface area contributed by atoms with Crippen molar-refractivity contribution in [3.05, 3.63) is 42.1 Å². The lowest BCUT2D eigenvalue weighted by molar-refractivity contribution is -0.517. The van der Waals surface area contributed by atoms with Crippen molar-refractivity contribution in [3.8, 4) is 0 Å². The molecule has 1 heterocycles. The van der Waals surface area contributed by atoms with Crippen molar-refractivity contribution >= 4 is 29.2 Å². The average Bonchev–Trinajstić information content (AvgIpc) is 2.29. The van der Waals surface area contributed by atoms with Gasteiger partial charge in [0.25, 0.3) is 0 Å². The summed E-state index contributed by atoms with van der Waals surface area (Å²) >= 11 is 5.66. The molecule has 0 aliphatic rings. The van der Waals surface area contributed by atoms with Crippen LogP contribution in [-0.2, 0) is 6.54 Å². The first-order chi connectivity index (χ1) is 7.29. The van der Waals surface area contributed by atoms with Crippen molar-refractivity contribution in [2.45, 2.75) is 6.54 Å². The van der Waals surface area contributed by atoms with E-state index in [-0.39, 0.29) is 0 Å². The molecule has 0 atom stereocenters. The quantitative estimate of drug-likeness (QED) is 0.336. The number of hydrogen-bond acceptors (Lipinski definition) is 1. The van der Waals surface area contributed by atoms with Crippen LogP contribution in [0.3, 0.4) is 0 Å². The molecule has 2 aromatic rings. The van der Waals surface area contributed by atoms with E-state index in [0.717, 1.165) is 16.6 Å². The molecular weight excluding hydrogens is 208 g/mol. The van der Waals surface area contributed by atoms with Gasteiger partial charge < -0.3 is 0 Å². The van der Waals surface area contributed by atoms with Crippen LogP contribution in [0.4, 0.5) is 0 Å². The SMILES string of the molecule is C=[N+](CCl)Cc1ccc2ccccc2n1. The number of rotatable bonds is 3. The molecule has 0 spiro atoms. The minimum atomic E-state index is 0.411. The highest BCUT2D eigenvalue weighted by Gasteiger charge is 2.03. The zero-order valence-electron chi connectivity index (χ0n) is 8.36. The normalized spacial score (nSPS) is 10.5. The highest BCUT2D eigenvalue weighted by molar-refractivity contribution is 6.16. The van der Waals surface area contributed by atoms with Gasteiger partial charge in [-0.3, -0.25) is 0 Å². The van der Waals surface area contributed by atoms with E-state index in [2.05, 4.69) is 23.8 Å². The molecule has 76 valence electrons. The minimum absolute atomic E-state index is 0.411. The van der Waals surface area contributed by atoms with Gasteiger partial charge in [0.15, 0.2) is 6.54 Å². The molecule has 0 unspecified atom stereocenters. The molecule has 0 amide bonds. The second-order valence-corrected chi connectivity index (χ2v) is 3.68. The van der Waals surface area contributed by atoms with Gasteiger partial charge in [-0.15, -0.1) is 0 Å². The van der Waals surface area contributed by atoms with Crippen LogP contribution in [0.1, 0.15) is 5.69 Å². The molecule has 0 saturated carbocycles. The molecule has 0 fully saturated rings. The first kappa shape index (κ1) is 10.1. The third-order valence-corrected chi connectivity index (χ3v) is 2.55. The Balaban J connectivity index is 2.34. The van der Waals surface area contributed by atoms with E-state index < -0.39 is 0 Å². The van der Waals surface area contributed by atoms with Crippen LogP contribution in [0.2, 0.25) is 0 Å². The molecule has 0 aliphatic carbocycles. The Morgan fingerprint density at radius 1 is 1.20 bits per heavy atom. The van der Waals surface area contributed by atoms with E-state index in [0.29, 0.717) is 12.5 Å². The van der Waals surface area contributed by atoms with Crippen LogP contribution < -0.4 is 0 Å². The second-order valence-electron chi connectivity index (χ2n) is 3.44. The number of aromatic nitrogens is 1. The number of hydrogen-bond donors (Lipinski definition) is 0. The summed E-state index contributed by atoms with van der Waals surface area (Å²) in [6.45, 7) is 4.47. The average molecular weight is 220 g/mol. The third kappa shape index (κ3) is 2.34. The predicted octanol–water partition coefficient (Wildman–Crippen LogP) is 2.64. The van der Waals surface area contributed by atoms with E-state index in [9.17, 15) is 0 Å². The van der Waals surface area contributed by atoms with Gasteiger partial charge >= 0.3 is 0 Å². The maximum atomic E-state index is 5.66. The summed E-state index contributed by atoms with van der Waals surface area (Å²) in [5.41, 5.74) is 2.00. The van der Waals surface area contributed by atoms with Crippen molar-refractivity contribution in [1.82, 2.24) is 4.98 Å². The number of fused-ring (bicyclic) bond motifs is 1. The van der Waals surface area contributed by atoms with Gasteiger partial charge in [-0.25, -0.2) is 9.56 Å². The molecule has 0 radical (unpaired) electrons. The molecule has 15 heavy (non-hydrogen) atoms. The molecule has 0 saturated heterocycles. The van der Waals surface area contributed by atoms with Crippen LogP contribution >= 0.6 is 11.6 Å². The van der Waals surface area contributed by atoms with Crippen molar-refractivity contribution in [1.29, 1.82) is 0 Å².